The molecule has 0 aromatic heterocycles. The molecule has 1 aromatic carbocycles. The molecule has 0 saturated carbocycles. The van der Waals surface area contributed by atoms with Gasteiger partial charge in [-0.1, -0.05) is 12.1 Å². The van der Waals surface area contributed by atoms with Crippen molar-refractivity contribution in [1.29, 1.82) is 0 Å². The first-order valence-corrected chi connectivity index (χ1v) is 7.18. The molecule has 5 heteroatoms. The molecule has 94 valence electrons. The van der Waals surface area contributed by atoms with E-state index in [0.29, 0.717) is 18.0 Å². The molecule has 4 nitrogen and oxygen atoms in total. The highest BCUT2D eigenvalue weighted by Crippen LogP contribution is 2.24. The van der Waals surface area contributed by atoms with Gasteiger partial charge in [0.15, 0.2) is 0 Å². The standard InChI is InChI=1S/C12H18N2O2S/c1-9-3-4-10(2)12(7-9)17(15,16)14-6-5-11(13)8-14/h3-4,7,11H,5-6,8,13H2,1-2H3/t11-/m1/s1. The van der Waals surface area contributed by atoms with Crippen LogP contribution >= 0.6 is 0 Å². The highest BCUT2D eigenvalue weighted by molar-refractivity contribution is 7.89. The van der Waals surface area contributed by atoms with Gasteiger partial charge in [-0.25, -0.2) is 8.42 Å². The fraction of sp³-hybridized carbons (Fsp3) is 0.500. The van der Waals surface area contributed by atoms with Gasteiger partial charge in [-0.2, -0.15) is 4.31 Å². The van der Waals surface area contributed by atoms with Gasteiger partial charge in [0.1, 0.15) is 0 Å². The van der Waals surface area contributed by atoms with Crippen LogP contribution in [0.2, 0.25) is 0 Å². The molecular formula is C12H18N2O2S. The van der Waals surface area contributed by atoms with Crippen LogP contribution in [0.15, 0.2) is 23.1 Å². The Morgan fingerprint density at radius 2 is 2.06 bits per heavy atom. The Morgan fingerprint density at radius 3 is 2.65 bits per heavy atom. The number of benzene rings is 1. The maximum absolute atomic E-state index is 12.4. The zero-order valence-electron chi connectivity index (χ0n) is 10.2. The second-order valence-electron chi connectivity index (χ2n) is 4.68. The van der Waals surface area contributed by atoms with Gasteiger partial charge in [0.25, 0.3) is 0 Å². The van der Waals surface area contributed by atoms with Crippen LogP contribution in [0, 0.1) is 13.8 Å². The minimum atomic E-state index is -3.37. The Labute approximate surface area is 102 Å². The van der Waals surface area contributed by atoms with Crippen molar-refractivity contribution < 1.29 is 8.42 Å². The van der Waals surface area contributed by atoms with E-state index in [1.165, 1.54) is 4.31 Å². The van der Waals surface area contributed by atoms with E-state index >= 15 is 0 Å². The number of nitrogens with two attached hydrogens (primary N) is 1. The van der Waals surface area contributed by atoms with Crippen LogP contribution in [-0.2, 0) is 10.0 Å². The summed E-state index contributed by atoms with van der Waals surface area (Å²) in [4.78, 5) is 0.409. The Morgan fingerprint density at radius 1 is 1.35 bits per heavy atom. The first-order chi connectivity index (χ1) is 7.91. The van der Waals surface area contributed by atoms with Crippen molar-refractivity contribution in [3.63, 3.8) is 0 Å². The van der Waals surface area contributed by atoms with E-state index in [4.69, 9.17) is 5.73 Å². The van der Waals surface area contributed by atoms with Crippen LogP contribution in [0.5, 0.6) is 0 Å². The minimum absolute atomic E-state index is 0.0325. The third kappa shape index (κ3) is 2.36. The zero-order valence-corrected chi connectivity index (χ0v) is 11.0. The van der Waals surface area contributed by atoms with E-state index in [1.54, 1.807) is 6.07 Å². The lowest BCUT2D eigenvalue weighted by molar-refractivity contribution is 0.472. The monoisotopic (exact) mass is 254 g/mol. The molecule has 2 N–H and O–H groups in total. The molecule has 2 rings (SSSR count). The normalized spacial score (nSPS) is 21.9. The Balaban J connectivity index is 2.41. The van der Waals surface area contributed by atoms with Crippen molar-refractivity contribution in [2.24, 2.45) is 5.73 Å². The first kappa shape index (κ1) is 12.5. The van der Waals surface area contributed by atoms with Gasteiger partial charge in [-0.3, -0.25) is 0 Å². The fourth-order valence-corrected chi connectivity index (χ4v) is 3.92. The van der Waals surface area contributed by atoms with Crippen LogP contribution in [0.25, 0.3) is 0 Å². The van der Waals surface area contributed by atoms with Crippen molar-refractivity contribution in [2.45, 2.75) is 31.2 Å². The lowest BCUT2D eigenvalue weighted by Crippen LogP contribution is -2.32. The molecule has 0 bridgehead atoms. The lowest BCUT2D eigenvalue weighted by atomic mass is 10.2. The zero-order chi connectivity index (χ0) is 12.6. The fourth-order valence-electron chi connectivity index (χ4n) is 2.10. The highest BCUT2D eigenvalue weighted by Gasteiger charge is 2.31. The SMILES string of the molecule is Cc1ccc(C)c(S(=O)(=O)N2CC[C@@H](N)C2)c1. The number of hydrogen-bond acceptors (Lipinski definition) is 3. The smallest absolute Gasteiger partial charge is 0.243 e. The van der Waals surface area contributed by atoms with E-state index in [1.807, 2.05) is 26.0 Å². The second kappa shape index (κ2) is 4.40. The van der Waals surface area contributed by atoms with Crippen molar-refractivity contribution in [3.05, 3.63) is 29.3 Å². The predicted molar refractivity (Wildman–Crippen MR) is 67.3 cm³/mol. The predicted octanol–water partition coefficient (Wildman–Crippen LogP) is 1.03. The quantitative estimate of drug-likeness (QED) is 0.857. The van der Waals surface area contributed by atoms with Crippen LogP contribution in [0.1, 0.15) is 17.5 Å². The molecule has 1 aliphatic rings. The van der Waals surface area contributed by atoms with Crippen LogP contribution in [-0.4, -0.2) is 31.9 Å². The summed E-state index contributed by atoms with van der Waals surface area (Å²) in [6.45, 7) is 4.67. The molecule has 0 spiro atoms. The Hall–Kier alpha value is -0.910. The van der Waals surface area contributed by atoms with Crippen molar-refractivity contribution in [3.8, 4) is 0 Å². The summed E-state index contributed by atoms with van der Waals surface area (Å²) < 4.78 is 26.3. The van der Waals surface area contributed by atoms with Crippen molar-refractivity contribution in [2.75, 3.05) is 13.1 Å². The number of rotatable bonds is 2. The van der Waals surface area contributed by atoms with Crippen LogP contribution in [0.3, 0.4) is 0 Å². The molecule has 1 aromatic rings. The first-order valence-electron chi connectivity index (χ1n) is 5.74. The summed E-state index contributed by atoms with van der Waals surface area (Å²) in [6.07, 6.45) is 0.740. The summed E-state index contributed by atoms with van der Waals surface area (Å²) in [5, 5.41) is 0. The Bertz CT molecular complexity index is 525. The molecule has 0 aliphatic carbocycles. The lowest BCUT2D eigenvalue weighted by Gasteiger charge is -2.17. The van der Waals surface area contributed by atoms with E-state index < -0.39 is 10.0 Å². The van der Waals surface area contributed by atoms with Gasteiger partial charge in [0, 0.05) is 19.1 Å². The van der Waals surface area contributed by atoms with E-state index in [9.17, 15) is 8.42 Å². The average Bonchev–Trinajstić information content (AvgIpc) is 2.69. The number of aryl methyl sites for hydroxylation is 2. The molecule has 1 aliphatic heterocycles. The topological polar surface area (TPSA) is 63.4 Å². The molecule has 1 fully saturated rings. The van der Waals surface area contributed by atoms with Gasteiger partial charge >= 0.3 is 0 Å². The van der Waals surface area contributed by atoms with Gasteiger partial charge in [-0.15, -0.1) is 0 Å². The second-order valence-corrected chi connectivity index (χ2v) is 6.59. The van der Waals surface area contributed by atoms with E-state index in [0.717, 1.165) is 17.5 Å². The molecule has 0 amide bonds. The maximum Gasteiger partial charge on any atom is 0.243 e. The van der Waals surface area contributed by atoms with Gasteiger partial charge in [0.2, 0.25) is 10.0 Å². The minimum Gasteiger partial charge on any atom is -0.326 e. The summed E-state index contributed by atoms with van der Waals surface area (Å²) in [5.74, 6) is 0. The molecule has 1 atom stereocenters. The van der Waals surface area contributed by atoms with Gasteiger partial charge in [-0.05, 0) is 37.5 Å². The highest BCUT2D eigenvalue weighted by atomic mass is 32.2. The third-order valence-electron chi connectivity index (χ3n) is 3.15. The van der Waals surface area contributed by atoms with Crippen molar-refractivity contribution in [1.82, 2.24) is 4.31 Å². The molecule has 0 radical (unpaired) electrons. The summed E-state index contributed by atoms with van der Waals surface area (Å²) in [5.41, 5.74) is 7.51. The molecule has 0 unspecified atom stereocenters. The summed E-state index contributed by atoms with van der Waals surface area (Å²) in [7, 11) is -3.37. The maximum atomic E-state index is 12.4. The van der Waals surface area contributed by atoms with Crippen LogP contribution < -0.4 is 5.73 Å². The molecule has 1 saturated heterocycles. The summed E-state index contributed by atoms with van der Waals surface area (Å²) in [6, 6.07) is 5.46. The number of sulfonamides is 1. The van der Waals surface area contributed by atoms with Gasteiger partial charge < -0.3 is 5.73 Å². The molecule has 17 heavy (non-hydrogen) atoms. The average molecular weight is 254 g/mol. The summed E-state index contributed by atoms with van der Waals surface area (Å²) >= 11 is 0. The van der Waals surface area contributed by atoms with Crippen LogP contribution in [0.4, 0.5) is 0 Å². The third-order valence-corrected chi connectivity index (χ3v) is 5.16. The molecule has 1 heterocycles. The largest absolute Gasteiger partial charge is 0.326 e. The van der Waals surface area contributed by atoms with Gasteiger partial charge in [0.05, 0.1) is 4.90 Å². The molecular weight excluding hydrogens is 236 g/mol. The van der Waals surface area contributed by atoms with E-state index in [-0.39, 0.29) is 6.04 Å². The van der Waals surface area contributed by atoms with E-state index in [2.05, 4.69) is 0 Å². The Kier molecular flexibility index (Phi) is 3.25. The number of nitrogens with zero attached hydrogens (tertiary/aromatic N) is 1. The number of hydrogen-bond donors (Lipinski definition) is 1. The van der Waals surface area contributed by atoms with Crippen molar-refractivity contribution >= 4 is 10.0 Å².